The fourth-order valence-electron chi connectivity index (χ4n) is 3.31. The number of nitrogens with zero attached hydrogens (tertiary/aromatic N) is 3. The Balaban J connectivity index is 2.14. The van der Waals surface area contributed by atoms with Gasteiger partial charge in [0.1, 0.15) is 10.7 Å². The normalized spacial score (nSPS) is 11.8. The monoisotopic (exact) mass is 369 g/mol. The van der Waals surface area contributed by atoms with Crippen molar-refractivity contribution >= 4 is 21.6 Å². The number of fused-ring (bicyclic) bond motifs is 1. The first-order chi connectivity index (χ1) is 12.6. The van der Waals surface area contributed by atoms with E-state index in [4.69, 9.17) is 4.98 Å². The van der Waals surface area contributed by atoms with E-state index in [-0.39, 0.29) is 11.5 Å². The van der Waals surface area contributed by atoms with Crippen LogP contribution in [0.2, 0.25) is 0 Å². The molecule has 0 saturated carbocycles. The standard InChI is InChI=1S/C21H27N3OS/c1-5-23(6-2)12-13-24-19(15(3)4)22-20-18(21(24)25)17(14-26-20)16-10-8-7-9-11-16/h7-11,14-15H,5-6,12-13H2,1-4H3. The lowest BCUT2D eigenvalue weighted by molar-refractivity contribution is 0.286. The molecular weight excluding hydrogens is 342 g/mol. The molecule has 0 N–H and O–H groups in total. The minimum absolute atomic E-state index is 0.0889. The van der Waals surface area contributed by atoms with Crippen LogP contribution < -0.4 is 5.56 Å². The summed E-state index contributed by atoms with van der Waals surface area (Å²) in [5.74, 6) is 1.10. The van der Waals surface area contributed by atoms with Crippen LogP contribution in [0.5, 0.6) is 0 Å². The van der Waals surface area contributed by atoms with Gasteiger partial charge in [0.15, 0.2) is 0 Å². The number of thiophene rings is 1. The molecule has 3 rings (SSSR count). The zero-order valence-electron chi connectivity index (χ0n) is 16.0. The van der Waals surface area contributed by atoms with Gasteiger partial charge >= 0.3 is 0 Å². The van der Waals surface area contributed by atoms with Gasteiger partial charge in [0.05, 0.1) is 5.39 Å². The van der Waals surface area contributed by atoms with Crippen molar-refractivity contribution < 1.29 is 0 Å². The number of benzene rings is 1. The van der Waals surface area contributed by atoms with E-state index < -0.39 is 0 Å². The molecule has 1 aromatic carbocycles. The second kappa shape index (κ2) is 8.14. The molecule has 0 radical (unpaired) electrons. The molecule has 2 aromatic heterocycles. The van der Waals surface area contributed by atoms with Gasteiger partial charge in [-0.05, 0) is 18.7 Å². The number of aromatic nitrogens is 2. The number of likely N-dealkylation sites (N-methyl/N-ethyl adjacent to an activating group) is 1. The van der Waals surface area contributed by atoms with E-state index in [2.05, 4.69) is 50.1 Å². The average Bonchev–Trinajstić information content (AvgIpc) is 3.08. The van der Waals surface area contributed by atoms with Crippen LogP contribution in [0.1, 0.15) is 39.4 Å². The van der Waals surface area contributed by atoms with Crippen LogP contribution in [0.15, 0.2) is 40.5 Å². The molecule has 0 atom stereocenters. The molecule has 138 valence electrons. The summed E-state index contributed by atoms with van der Waals surface area (Å²) in [4.78, 5) is 21.5. The summed E-state index contributed by atoms with van der Waals surface area (Å²) in [5.41, 5.74) is 2.16. The third kappa shape index (κ3) is 3.60. The summed E-state index contributed by atoms with van der Waals surface area (Å²) in [6.07, 6.45) is 0. The van der Waals surface area contributed by atoms with Crippen LogP contribution in [0.4, 0.5) is 0 Å². The topological polar surface area (TPSA) is 38.1 Å². The maximum atomic E-state index is 13.4. The average molecular weight is 370 g/mol. The van der Waals surface area contributed by atoms with Crippen molar-refractivity contribution in [3.63, 3.8) is 0 Å². The lowest BCUT2D eigenvalue weighted by Crippen LogP contribution is -2.33. The first-order valence-corrected chi connectivity index (χ1v) is 10.2. The van der Waals surface area contributed by atoms with E-state index in [1.54, 1.807) is 11.3 Å². The lowest BCUT2D eigenvalue weighted by atomic mass is 10.1. The summed E-state index contributed by atoms with van der Waals surface area (Å²) in [6.45, 7) is 12.1. The summed E-state index contributed by atoms with van der Waals surface area (Å²) in [7, 11) is 0. The Kier molecular flexibility index (Phi) is 5.89. The summed E-state index contributed by atoms with van der Waals surface area (Å²) < 4.78 is 1.89. The molecule has 2 heterocycles. The molecule has 4 nitrogen and oxygen atoms in total. The molecule has 0 fully saturated rings. The van der Waals surface area contributed by atoms with Crippen molar-refractivity contribution in [1.82, 2.24) is 14.5 Å². The summed E-state index contributed by atoms with van der Waals surface area (Å²) >= 11 is 1.56. The highest BCUT2D eigenvalue weighted by atomic mass is 32.1. The Morgan fingerprint density at radius 3 is 2.46 bits per heavy atom. The number of hydrogen-bond donors (Lipinski definition) is 0. The predicted octanol–water partition coefficient (Wildman–Crippen LogP) is 4.59. The van der Waals surface area contributed by atoms with Crippen molar-refractivity contribution in [2.75, 3.05) is 19.6 Å². The first kappa shape index (κ1) is 18.8. The highest BCUT2D eigenvalue weighted by molar-refractivity contribution is 7.17. The molecule has 0 spiro atoms. The second-order valence-electron chi connectivity index (χ2n) is 6.80. The maximum absolute atomic E-state index is 13.4. The second-order valence-corrected chi connectivity index (χ2v) is 7.66. The molecule has 0 unspecified atom stereocenters. The van der Waals surface area contributed by atoms with Gasteiger partial charge in [-0.3, -0.25) is 9.36 Å². The Hall–Kier alpha value is -1.98. The van der Waals surface area contributed by atoms with Crippen LogP contribution in [0, 0.1) is 0 Å². The van der Waals surface area contributed by atoms with Crippen molar-refractivity contribution in [2.24, 2.45) is 0 Å². The molecule has 0 amide bonds. The molecule has 0 bridgehead atoms. The zero-order valence-corrected chi connectivity index (χ0v) is 16.8. The van der Waals surface area contributed by atoms with Crippen LogP contribution in [-0.4, -0.2) is 34.1 Å². The molecule has 0 aliphatic carbocycles. The van der Waals surface area contributed by atoms with Crippen LogP contribution in [0.25, 0.3) is 21.3 Å². The number of hydrogen-bond acceptors (Lipinski definition) is 4. The fourth-order valence-corrected chi connectivity index (χ4v) is 4.25. The number of rotatable bonds is 7. The highest BCUT2D eigenvalue weighted by Crippen LogP contribution is 2.31. The minimum atomic E-state index is 0.0889. The van der Waals surface area contributed by atoms with E-state index in [1.807, 2.05) is 22.8 Å². The summed E-state index contributed by atoms with van der Waals surface area (Å²) in [6, 6.07) is 10.1. The molecule has 0 aliphatic heterocycles. The minimum Gasteiger partial charge on any atom is -0.302 e. The Morgan fingerprint density at radius 1 is 1.15 bits per heavy atom. The summed E-state index contributed by atoms with van der Waals surface area (Å²) in [5, 5.41) is 2.82. The van der Waals surface area contributed by atoms with Gasteiger partial charge in [-0.2, -0.15) is 0 Å². The van der Waals surface area contributed by atoms with Crippen molar-refractivity contribution in [3.05, 3.63) is 51.9 Å². The van der Waals surface area contributed by atoms with Gasteiger partial charge < -0.3 is 4.90 Å². The smallest absolute Gasteiger partial charge is 0.262 e. The van der Waals surface area contributed by atoms with Crippen LogP contribution in [-0.2, 0) is 6.54 Å². The zero-order chi connectivity index (χ0) is 18.7. The van der Waals surface area contributed by atoms with E-state index in [1.165, 1.54) is 0 Å². The molecular formula is C21H27N3OS. The molecule has 26 heavy (non-hydrogen) atoms. The quantitative estimate of drug-likeness (QED) is 0.611. The Morgan fingerprint density at radius 2 is 1.85 bits per heavy atom. The van der Waals surface area contributed by atoms with Gasteiger partial charge in [0, 0.05) is 30.0 Å². The fraction of sp³-hybridized carbons (Fsp3) is 0.429. The van der Waals surface area contributed by atoms with Gasteiger partial charge in [-0.1, -0.05) is 58.0 Å². The third-order valence-electron chi connectivity index (χ3n) is 4.86. The van der Waals surface area contributed by atoms with Crippen molar-refractivity contribution in [1.29, 1.82) is 0 Å². The lowest BCUT2D eigenvalue weighted by Gasteiger charge is -2.21. The highest BCUT2D eigenvalue weighted by Gasteiger charge is 2.18. The largest absolute Gasteiger partial charge is 0.302 e. The van der Waals surface area contributed by atoms with E-state index in [9.17, 15) is 4.79 Å². The van der Waals surface area contributed by atoms with Crippen LogP contribution in [0.3, 0.4) is 0 Å². The SMILES string of the molecule is CCN(CC)CCn1c(C(C)C)nc2scc(-c3ccccc3)c2c1=O. The van der Waals surface area contributed by atoms with Crippen LogP contribution >= 0.6 is 11.3 Å². The van der Waals surface area contributed by atoms with Gasteiger partial charge in [0.25, 0.3) is 5.56 Å². The molecule has 0 aliphatic rings. The predicted molar refractivity (Wildman–Crippen MR) is 111 cm³/mol. The van der Waals surface area contributed by atoms with E-state index >= 15 is 0 Å². The van der Waals surface area contributed by atoms with Crippen molar-refractivity contribution in [3.8, 4) is 11.1 Å². The maximum Gasteiger partial charge on any atom is 0.262 e. The van der Waals surface area contributed by atoms with Gasteiger partial charge in [-0.25, -0.2) is 4.98 Å². The first-order valence-electron chi connectivity index (χ1n) is 9.36. The van der Waals surface area contributed by atoms with E-state index in [0.717, 1.165) is 46.8 Å². The molecule has 5 heteroatoms. The Labute approximate surface area is 159 Å². The molecule has 0 saturated heterocycles. The van der Waals surface area contributed by atoms with E-state index in [0.29, 0.717) is 6.54 Å². The Bertz CT molecular complexity index is 924. The van der Waals surface area contributed by atoms with Gasteiger partial charge in [-0.15, -0.1) is 11.3 Å². The van der Waals surface area contributed by atoms with Crippen molar-refractivity contribution in [2.45, 2.75) is 40.2 Å². The van der Waals surface area contributed by atoms with Gasteiger partial charge in [0.2, 0.25) is 0 Å². The molecule has 3 aromatic rings. The third-order valence-corrected chi connectivity index (χ3v) is 5.73.